The quantitative estimate of drug-likeness (QED) is 0.103. The summed E-state index contributed by atoms with van der Waals surface area (Å²) in [4.78, 5) is 0. The minimum Gasteiger partial charge on any atom is -0.347 e. The number of aryl methyl sites for hydroxylation is 3. The zero-order chi connectivity index (χ0) is 50.3. The summed E-state index contributed by atoms with van der Waals surface area (Å²) in [5.74, 6) is 0. The first-order valence-electron chi connectivity index (χ1n) is 26.5. The van der Waals surface area contributed by atoms with E-state index in [4.69, 9.17) is 11.6 Å². The average molecular weight is 981 g/mol. The molecule has 12 rings (SSSR count). The summed E-state index contributed by atoms with van der Waals surface area (Å²) in [6.45, 7) is 12.4. The lowest BCUT2D eigenvalue weighted by atomic mass is 9.87. The Morgan fingerprint density at radius 3 is 1.68 bits per heavy atom. The van der Waals surface area contributed by atoms with Gasteiger partial charge in [-0.05, 0) is 110 Å². The van der Waals surface area contributed by atoms with Crippen LogP contribution in [0.15, 0.2) is 235 Å². The molecule has 7 aromatic carbocycles. The smallest absolute Gasteiger partial charge is 0.221 e. The van der Waals surface area contributed by atoms with Crippen molar-refractivity contribution in [1.82, 2.24) is 13.7 Å². The fourth-order valence-corrected chi connectivity index (χ4v) is 12.4. The maximum atomic E-state index is 7.77. The van der Waals surface area contributed by atoms with Crippen molar-refractivity contribution in [3.05, 3.63) is 263 Å². The highest BCUT2D eigenvalue weighted by molar-refractivity contribution is 6.39. The maximum Gasteiger partial charge on any atom is 0.221 e. The Morgan fingerprint density at radius 2 is 1.07 bits per heavy atom. The van der Waals surface area contributed by atoms with Crippen LogP contribution in [0.3, 0.4) is 0 Å². The van der Waals surface area contributed by atoms with E-state index in [9.17, 15) is 0 Å². The van der Waals surface area contributed by atoms with Crippen molar-refractivity contribution in [3.8, 4) is 22.5 Å². The van der Waals surface area contributed by atoms with Crippen molar-refractivity contribution in [1.29, 1.82) is 0 Å². The van der Waals surface area contributed by atoms with Gasteiger partial charge in [0, 0.05) is 91.9 Å². The minimum atomic E-state index is 0.824. The number of fused-ring (bicyclic) bond motifs is 4. The lowest BCUT2D eigenvalue weighted by molar-refractivity contribution is -0.431. The van der Waals surface area contributed by atoms with Gasteiger partial charge in [-0.2, -0.15) is 4.58 Å². The van der Waals surface area contributed by atoms with Crippen LogP contribution >= 0.6 is 11.6 Å². The second-order valence-corrected chi connectivity index (χ2v) is 19.6. The number of nitrogens with zero attached hydrogens (tertiary/aromatic N) is 4. The van der Waals surface area contributed by atoms with E-state index in [0.29, 0.717) is 0 Å². The molecule has 0 saturated heterocycles. The van der Waals surface area contributed by atoms with E-state index in [2.05, 4.69) is 265 Å². The molecule has 0 fully saturated rings. The van der Waals surface area contributed by atoms with E-state index < -0.39 is 0 Å². The standard InChI is InChI=1S/C69H60ClN4/c1-5-71-46-58(52-32-18-22-36-59(52)71)53(63-54-33-19-23-37-60(54)72(6-2)67(63)49-26-12-9-13-27-49)44-42-47-40-41-48(66(47)70)43-45-57(64-55-34-20-24-38-61(55)73(7-3)68(64)50-28-14-10-15-29-50)65-56-35-21-25-39-62(56)74(8-4)69(65)51-30-16-11-17-31-51/h9-39,42-46H,5-8,40-41H2,1-4H3/q+1. The summed E-state index contributed by atoms with van der Waals surface area (Å²) in [7, 11) is 0. The predicted molar refractivity (Wildman–Crippen MR) is 314 cm³/mol. The molecule has 0 saturated carbocycles. The molecular weight excluding hydrogens is 920 g/mol. The normalized spacial score (nSPS) is 15.3. The van der Waals surface area contributed by atoms with Gasteiger partial charge in [0.1, 0.15) is 6.54 Å². The molecule has 0 bridgehead atoms. The van der Waals surface area contributed by atoms with Crippen LogP contribution in [-0.4, -0.2) is 30.5 Å². The Bertz CT molecular complexity index is 3980. The molecular formula is C69H60ClN4+. The molecule has 0 radical (unpaired) electrons. The van der Waals surface area contributed by atoms with Gasteiger partial charge in [0.25, 0.3) is 0 Å². The molecule has 5 heteroatoms. The molecule has 0 unspecified atom stereocenters. The number of allylic oxidation sites excluding steroid dienone is 9. The number of benzene rings is 7. The summed E-state index contributed by atoms with van der Waals surface area (Å²) in [6.07, 6.45) is 13.5. The Morgan fingerprint density at radius 1 is 0.541 bits per heavy atom. The van der Waals surface area contributed by atoms with E-state index in [1.165, 1.54) is 111 Å². The molecule has 2 aliphatic rings. The van der Waals surface area contributed by atoms with Crippen LogP contribution in [0.2, 0.25) is 0 Å². The van der Waals surface area contributed by atoms with Gasteiger partial charge in [0.15, 0.2) is 0 Å². The lowest BCUT2D eigenvalue weighted by Crippen LogP contribution is -2.14. The zero-order valence-corrected chi connectivity index (χ0v) is 43.4. The van der Waals surface area contributed by atoms with Crippen LogP contribution < -0.4 is 0 Å². The molecule has 4 nitrogen and oxygen atoms in total. The topological polar surface area (TPSA) is 17.8 Å². The van der Waals surface area contributed by atoms with Gasteiger partial charge in [0.05, 0.1) is 22.5 Å². The largest absolute Gasteiger partial charge is 0.347 e. The van der Waals surface area contributed by atoms with E-state index in [1.807, 2.05) is 0 Å². The van der Waals surface area contributed by atoms with Crippen LogP contribution in [0.4, 0.5) is 5.69 Å². The van der Waals surface area contributed by atoms with E-state index >= 15 is 0 Å². The Balaban J connectivity index is 1.09. The lowest BCUT2D eigenvalue weighted by Gasteiger charge is -2.14. The molecule has 0 spiro atoms. The summed E-state index contributed by atoms with van der Waals surface area (Å²) in [5.41, 5.74) is 23.0. The molecule has 10 aromatic rings. The average Bonchev–Trinajstić information content (AvgIpc) is 4.29. The number of hydrogen-bond donors (Lipinski definition) is 0. The third-order valence-corrected chi connectivity index (χ3v) is 15.8. The molecule has 74 heavy (non-hydrogen) atoms. The zero-order valence-electron chi connectivity index (χ0n) is 42.7. The minimum absolute atomic E-state index is 0.824. The second kappa shape index (κ2) is 20.0. The first-order chi connectivity index (χ1) is 36.5. The number of aromatic nitrogens is 3. The summed E-state index contributed by atoms with van der Waals surface area (Å²) in [6, 6.07) is 68.5. The van der Waals surface area contributed by atoms with Crippen LogP contribution in [0, 0.1) is 0 Å². The van der Waals surface area contributed by atoms with Crippen LogP contribution in [0.5, 0.6) is 0 Å². The molecule has 0 N–H and O–H groups in total. The number of hydrogen-bond acceptors (Lipinski definition) is 0. The third kappa shape index (κ3) is 7.88. The second-order valence-electron chi connectivity index (χ2n) is 19.3. The highest BCUT2D eigenvalue weighted by atomic mass is 35.5. The number of para-hydroxylation sites is 4. The molecule has 0 atom stereocenters. The van der Waals surface area contributed by atoms with Gasteiger partial charge in [-0.15, -0.1) is 0 Å². The molecule has 0 amide bonds. The van der Waals surface area contributed by atoms with E-state index in [0.717, 1.165) is 55.2 Å². The fraction of sp³-hybridized carbons (Fsp3) is 0.145. The monoisotopic (exact) mass is 979 g/mol. The van der Waals surface area contributed by atoms with Gasteiger partial charge in [-0.1, -0.05) is 181 Å². The van der Waals surface area contributed by atoms with Crippen LogP contribution in [0.1, 0.15) is 68.4 Å². The SMILES string of the molecule is CCn1cc(C(=CC=C2CCC(C=CC(=C3C(c4ccccc4)=[N+](CC)c4ccccc43)c3c(-c4ccccc4)n(CC)c4ccccc34)=C2Cl)c2c(-c3ccccc3)n(CC)c3ccccc23)c2ccccc21. The van der Waals surface area contributed by atoms with Crippen LogP contribution in [-0.2, 0) is 19.6 Å². The van der Waals surface area contributed by atoms with Crippen molar-refractivity contribution < 1.29 is 4.58 Å². The summed E-state index contributed by atoms with van der Waals surface area (Å²) >= 11 is 7.77. The van der Waals surface area contributed by atoms with Gasteiger partial charge >= 0.3 is 0 Å². The molecule has 362 valence electrons. The summed E-state index contributed by atoms with van der Waals surface area (Å²) < 4.78 is 9.87. The van der Waals surface area contributed by atoms with Crippen molar-refractivity contribution >= 4 is 72.4 Å². The van der Waals surface area contributed by atoms with Crippen molar-refractivity contribution in [3.63, 3.8) is 0 Å². The van der Waals surface area contributed by atoms with E-state index in [-0.39, 0.29) is 0 Å². The summed E-state index contributed by atoms with van der Waals surface area (Å²) in [5, 5.41) is 4.54. The molecule has 3 aromatic heterocycles. The highest BCUT2D eigenvalue weighted by Gasteiger charge is 2.38. The van der Waals surface area contributed by atoms with Gasteiger partial charge in [-0.3, -0.25) is 0 Å². The first-order valence-corrected chi connectivity index (χ1v) is 26.8. The molecule has 1 aliphatic carbocycles. The van der Waals surface area contributed by atoms with Crippen molar-refractivity contribution in [2.45, 2.75) is 60.2 Å². The fourth-order valence-electron chi connectivity index (χ4n) is 12.1. The number of rotatable bonds is 13. The third-order valence-electron chi connectivity index (χ3n) is 15.4. The number of halogens is 1. The van der Waals surface area contributed by atoms with E-state index in [1.54, 1.807) is 0 Å². The van der Waals surface area contributed by atoms with Gasteiger partial charge in [-0.25, -0.2) is 0 Å². The van der Waals surface area contributed by atoms with Gasteiger partial charge < -0.3 is 13.7 Å². The molecule has 1 aliphatic heterocycles. The Kier molecular flexibility index (Phi) is 12.7. The van der Waals surface area contributed by atoms with Crippen molar-refractivity contribution in [2.75, 3.05) is 6.54 Å². The predicted octanol–water partition coefficient (Wildman–Crippen LogP) is 17.9. The van der Waals surface area contributed by atoms with Crippen molar-refractivity contribution in [2.24, 2.45) is 0 Å². The Labute approximate surface area is 440 Å². The molecule has 4 heterocycles. The maximum absolute atomic E-state index is 7.77. The first kappa shape index (κ1) is 46.9. The van der Waals surface area contributed by atoms with Crippen LogP contribution in [0.25, 0.3) is 71.9 Å². The van der Waals surface area contributed by atoms with Gasteiger partial charge in [0.2, 0.25) is 11.4 Å². The Hall–Kier alpha value is -8.18. The highest BCUT2D eigenvalue weighted by Crippen LogP contribution is 2.48.